The summed E-state index contributed by atoms with van der Waals surface area (Å²) in [6, 6.07) is 0.509. The van der Waals surface area contributed by atoms with Crippen molar-refractivity contribution in [3.8, 4) is 0 Å². The zero-order chi connectivity index (χ0) is 11.9. The standard InChI is InChI=1S/C11H25NO2S/c1-5-11(10(3)4)12-8-7-9-15(13,14)6-2/h10-12H,5-9H2,1-4H3. The van der Waals surface area contributed by atoms with Gasteiger partial charge in [-0.25, -0.2) is 8.42 Å². The molecule has 0 heterocycles. The lowest BCUT2D eigenvalue weighted by molar-refractivity contribution is 0.390. The Bertz CT molecular complexity index is 247. The Hall–Kier alpha value is -0.0900. The highest BCUT2D eigenvalue weighted by Gasteiger charge is 2.11. The smallest absolute Gasteiger partial charge is 0.150 e. The van der Waals surface area contributed by atoms with E-state index in [9.17, 15) is 8.42 Å². The van der Waals surface area contributed by atoms with Crippen molar-refractivity contribution in [1.82, 2.24) is 5.32 Å². The molecule has 3 nitrogen and oxygen atoms in total. The molecule has 92 valence electrons. The monoisotopic (exact) mass is 235 g/mol. The zero-order valence-corrected chi connectivity index (χ0v) is 11.2. The Kier molecular flexibility index (Phi) is 7.18. The fourth-order valence-electron chi connectivity index (χ4n) is 1.58. The van der Waals surface area contributed by atoms with Gasteiger partial charge in [0.15, 0.2) is 0 Å². The van der Waals surface area contributed by atoms with Gasteiger partial charge in [0.05, 0.1) is 5.75 Å². The Labute approximate surface area is 94.6 Å². The third-order valence-corrected chi connectivity index (χ3v) is 4.51. The molecule has 1 N–H and O–H groups in total. The van der Waals surface area contributed by atoms with Gasteiger partial charge in [0.1, 0.15) is 9.84 Å². The maximum absolute atomic E-state index is 11.2. The van der Waals surface area contributed by atoms with E-state index in [2.05, 4.69) is 26.1 Å². The normalized spacial score (nSPS) is 14.5. The summed E-state index contributed by atoms with van der Waals surface area (Å²) in [5, 5.41) is 3.40. The van der Waals surface area contributed by atoms with Gasteiger partial charge in [-0.2, -0.15) is 0 Å². The summed E-state index contributed by atoms with van der Waals surface area (Å²) in [4.78, 5) is 0. The average molecular weight is 235 g/mol. The van der Waals surface area contributed by atoms with Gasteiger partial charge in [-0.1, -0.05) is 27.7 Å². The molecule has 1 atom stereocenters. The molecule has 0 aromatic rings. The van der Waals surface area contributed by atoms with E-state index in [1.807, 2.05) is 0 Å². The van der Waals surface area contributed by atoms with E-state index in [-0.39, 0.29) is 5.75 Å². The minimum Gasteiger partial charge on any atom is -0.314 e. The average Bonchev–Trinajstić information content (AvgIpc) is 2.17. The molecule has 4 heteroatoms. The van der Waals surface area contributed by atoms with Crippen LogP contribution in [0.3, 0.4) is 0 Å². The SMILES string of the molecule is CCC(NCCCS(=O)(=O)CC)C(C)C. The minimum absolute atomic E-state index is 0.258. The second-order valence-electron chi connectivity index (χ2n) is 4.30. The van der Waals surface area contributed by atoms with Crippen molar-refractivity contribution in [1.29, 1.82) is 0 Å². The summed E-state index contributed by atoms with van der Waals surface area (Å²) in [6.07, 6.45) is 1.82. The zero-order valence-electron chi connectivity index (χ0n) is 10.4. The van der Waals surface area contributed by atoms with Crippen LogP contribution in [0.15, 0.2) is 0 Å². The van der Waals surface area contributed by atoms with Gasteiger partial charge in [-0.3, -0.25) is 0 Å². The van der Waals surface area contributed by atoms with Crippen molar-refractivity contribution in [2.24, 2.45) is 5.92 Å². The van der Waals surface area contributed by atoms with E-state index in [0.29, 0.717) is 17.7 Å². The van der Waals surface area contributed by atoms with Crippen LogP contribution >= 0.6 is 0 Å². The van der Waals surface area contributed by atoms with E-state index < -0.39 is 9.84 Å². The summed E-state index contributed by atoms with van der Waals surface area (Å²) in [5.41, 5.74) is 0. The van der Waals surface area contributed by atoms with Crippen LogP contribution in [0.1, 0.15) is 40.5 Å². The first-order valence-electron chi connectivity index (χ1n) is 5.86. The third-order valence-electron chi connectivity index (χ3n) is 2.72. The highest BCUT2D eigenvalue weighted by atomic mass is 32.2. The van der Waals surface area contributed by atoms with Gasteiger partial charge in [-0.15, -0.1) is 0 Å². The van der Waals surface area contributed by atoms with Crippen molar-refractivity contribution < 1.29 is 8.42 Å². The summed E-state index contributed by atoms with van der Waals surface area (Å²) in [6.45, 7) is 9.02. The van der Waals surface area contributed by atoms with Crippen molar-refractivity contribution in [3.63, 3.8) is 0 Å². The molecule has 0 spiro atoms. The van der Waals surface area contributed by atoms with Crippen LogP contribution in [0, 0.1) is 5.92 Å². The van der Waals surface area contributed by atoms with E-state index >= 15 is 0 Å². The molecular weight excluding hydrogens is 210 g/mol. The van der Waals surface area contributed by atoms with Crippen LogP contribution < -0.4 is 5.32 Å². The van der Waals surface area contributed by atoms with Crippen LogP contribution in [-0.2, 0) is 9.84 Å². The molecule has 0 aliphatic rings. The van der Waals surface area contributed by atoms with Gasteiger partial charge in [0, 0.05) is 11.8 Å². The molecule has 0 saturated carbocycles. The van der Waals surface area contributed by atoms with Gasteiger partial charge in [0.25, 0.3) is 0 Å². The molecule has 15 heavy (non-hydrogen) atoms. The number of hydrogen-bond acceptors (Lipinski definition) is 3. The van der Waals surface area contributed by atoms with E-state index in [1.165, 1.54) is 0 Å². The molecule has 1 unspecified atom stereocenters. The molecule has 0 amide bonds. The lowest BCUT2D eigenvalue weighted by Gasteiger charge is -2.20. The first-order valence-corrected chi connectivity index (χ1v) is 7.68. The Morgan fingerprint density at radius 3 is 2.20 bits per heavy atom. The Morgan fingerprint density at radius 1 is 1.20 bits per heavy atom. The van der Waals surface area contributed by atoms with Gasteiger partial charge >= 0.3 is 0 Å². The minimum atomic E-state index is -2.78. The van der Waals surface area contributed by atoms with Crippen LogP contribution in [0.5, 0.6) is 0 Å². The molecule has 0 aliphatic heterocycles. The molecule has 0 aliphatic carbocycles. The molecule has 0 aromatic heterocycles. The first kappa shape index (κ1) is 14.9. The lowest BCUT2D eigenvalue weighted by atomic mass is 10.0. The highest BCUT2D eigenvalue weighted by molar-refractivity contribution is 7.91. The second kappa shape index (κ2) is 7.23. The van der Waals surface area contributed by atoms with Crippen molar-refractivity contribution in [2.45, 2.75) is 46.6 Å². The predicted octanol–water partition coefficient (Wildman–Crippen LogP) is 1.84. The van der Waals surface area contributed by atoms with Crippen LogP contribution in [-0.4, -0.2) is 32.5 Å². The Balaban J connectivity index is 3.71. The predicted molar refractivity (Wildman–Crippen MR) is 65.9 cm³/mol. The summed E-state index contributed by atoms with van der Waals surface area (Å²) >= 11 is 0. The van der Waals surface area contributed by atoms with Gasteiger partial charge < -0.3 is 5.32 Å². The summed E-state index contributed by atoms with van der Waals surface area (Å²) in [7, 11) is -2.78. The fourth-order valence-corrected chi connectivity index (χ4v) is 2.45. The van der Waals surface area contributed by atoms with E-state index in [1.54, 1.807) is 6.92 Å². The molecular formula is C11H25NO2S. The quantitative estimate of drug-likeness (QED) is 0.653. The number of hydrogen-bond donors (Lipinski definition) is 1. The van der Waals surface area contributed by atoms with Crippen molar-refractivity contribution in [2.75, 3.05) is 18.1 Å². The fraction of sp³-hybridized carbons (Fsp3) is 1.00. The topological polar surface area (TPSA) is 46.2 Å². The molecule has 0 bridgehead atoms. The molecule has 0 rings (SSSR count). The molecule has 0 fully saturated rings. The summed E-state index contributed by atoms with van der Waals surface area (Å²) in [5.74, 6) is 1.18. The van der Waals surface area contributed by atoms with Gasteiger partial charge in [0.2, 0.25) is 0 Å². The van der Waals surface area contributed by atoms with Crippen molar-refractivity contribution in [3.05, 3.63) is 0 Å². The maximum atomic E-state index is 11.2. The number of rotatable bonds is 8. The maximum Gasteiger partial charge on any atom is 0.150 e. The van der Waals surface area contributed by atoms with Crippen LogP contribution in [0.4, 0.5) is 0 Å². The highest BCUT2D eigenvalue weighted by Crippen LogP contribution is 2.05. The molecule has 0 saturated heterocycles. The molecule has 0 radical (unpaired) electrons. The third kappa shape index (κ3) is 6.90. The van der Waals surface area contributed by atoms with E-state index in [0.717, 1.165) is 19.4 Å². The van der Waals surface area contributed by atoms with Gasteiger partial charge in [-0.05, 0) is 25.3 Å². The Morgan fingerprint density at radius 2 is 1.80 bits per heavy atom. The first-order chi connectivity index (χ1) is 6.93. The number of sulfone groups is 1. The van der Waals surface area contributed by atoms with Crippen LogP contribution in [0.2, 0.25) is 0 Å². The van der Waals surface area contributed by atoms with E-state index in [4.69, 9.17) is 0 Å². The second-order valence-corrected chi connectivity index (χ2v) is 6.78. The molecule has 0 aromatic carbocycles. The largest absolute Gasteiger partial charge is 0.314 e. The van der Waals surface area contributed by atoms with Crippen LogP contribution in [0.25, 0.3) is 0 Å². The van der Waals surface area contributed by atoms with Crippen molar-refractivity contribution >= 4 is 9.84 Å². The number of nitrogens with one attached hydrogen (secondary N) is 1. The summed E-state index contributed by atoms with van der Waals surface area (Å²) < 4.78 is 22.4. The lowest BCUT2D eigenvalue weighted by Crippen LogP contribution is -2.34.